The fraction of sp³-hybridized carbons (Fsp3) is 0.636. The quantitative estimate of drug-likeness (QED) is 0.838. The van der Waals surface area contributed by atoms with Gasteiger partial charge in [0.2, 0.25) is 0 Å². The summed E-state index contributed by atoms with van der Waals surface area (Å²) in [4.78, 5) is 11.0. The van der Waals surface area contributed by atoms with Crippen molar-refractivity contribution in [3.63, 3.8) is 0 Å². The lowest BCUT2D eigenvalue weighted by molar-refractivity contribution is -0.136. The highest BCUT2D eigenvalue weighted by Gasteiger charge is 2.32. The van der Waals surface area contributed by atoms with Gasteiger partial charge in [0, 0.05) is 7.05 Å². The van der Waals surface area contributed by atoms with Crippen LogP contribution < -0.4 is 0 Å². The lowest BCUT2D eigenvalue weighted by atomic mass is 10.3. The molecule has 1 aromatic heterocycles. The Kier molecular flexibility index (Phi) is 5.14. The molecule has 0 aromatic carbocycles. The van der Waals surface area contributed by atoms with E-state index in [1.54, 1.807) is 14.0 Å². The Balaban J connectivity index is 3.15. The maximum Gasteiger partial charge on any atom is 0.321 e. The smallest absolute Gasteiger partial charge is 0.321 e. The molecule has 0 spiro atoms. The molecule has 19 heavy (non-hydrogen) atoms. The summed E-state index contributed by atoms with van der Waals surface area (Å²) in [7, 11) is -2.11. The molecule has 0 bridgehead atoms. The van der Waals surface area contributed by atoms with Crippen molar-refractivity contribution in [1.29, 1.82) is 0 Å². The number of nitrogens with zero attached hydrogens (tertiary/aromatic N) is 2. The molecule has 0 radical (unpaired) electrons. The number of halogens is 1. The summed E-state index contributed by atoms with van der Waals surface area (Å²) in [5.41, 5.74) is 1.24. The fourth-order valence-electron chi connectivity index (χ4n) is 1.85. The van der Waals surface area contributed by atoms with Crippen molar-refractivity contribution in [3.8, 4) is 0 Å². The van der Waals surface area contributed by atoms with Gasteiger partial charge in [-0.25, -0.2) is 8.42 Å². The van der Waals surface area contributed by atoms with Crippen molar-refractivity contribution in [3.05, 3.63) is 15.9 Å². The van der Waals surface area contributed by atoms with Crippen LogP contribution in [0.4, 0.5) is 0 Å². The number of sulfone groups is 1. The summed E-state index contributed by atoms with van der Waals surface area (Å²) in [6.07, 6.45) is 0.721. The molecule has 1 unspecified atom stereocenters. The average Bonchev–Trinajstić information content (AvgIpc) is 2.56. The number of hydrogen-bond donors (Lipinski definition) is 1. The molecule has 0 aliphatic carbocycles. The van der Waals surface area contributed by atoms with Crippen LogP contribution >= 0.6 is 15.9 Å². The lowest BCUT2D eigenvalue weighted by Gasteiger charge is -2.11. The first-order valence-corrected chi connectivity index (χ1v) is 8.40. The van der Waals surface area contributed by atoms with E-state index in [-0.39, 0.29) is 12.2 Å². The molecule has 0 aliphatic rings. The van der Waals surface area contributed by atoms with Crippen molar-refractivity contribution in [2.45, 2.75) is 37.7 Å². The van der Waals surface area contributed by atoms with Gasteiger partial charge in [0.05, 0.1) is 21.6 Å². The summed E-state index contributed by atoms with van der Waals surface area (Å²) in [6, 6.07) is 0. The molecule has 0 fully saturated rings. The topological polar surface area (TPSA) is 89.3 Å². The molecule has 1 aromatic rings. The van der Waals surface area contributed by atoms with Gasteiger partial charge < -0.3 is 5.11 Å². The molecule has 6 nitrogen and oxygen atoms in total. The molecule has 1 N–H and O–H groups in total. The monoisotopic (exact) mass is 352 g/mol. The van der Waals surface area contributed by atoms with E-state index in [9.17, 15) is 13.2 Å². The molecule has 0 aliphatic heterocycles. The van der Waals surface area contributed by atoms with Crippen LogP contribution in [0.25, 0.3) is 0 Å². The zero-order chi connectivity index (χ0) is 14.8. The zero-order valence-corrected chi connectivity index (χ0v) is 13.5. The van der Waals surface area contributed by atoms with Crippen LogP contribution in [0.5, 0.6) is 0 Å². The van der Waals surface area contributed by atoms with Crippen LogP contribution in [-0.2, 0) is 33.9 Å². The predicted octanol–water partition coefficient (Wildman–Crippen LogP) is 1.52. The van der Waals surface area contributed by atoms with E-state index in [0.717, 1.165) is 5.69 Å². The van der Waals surface area contributed by atoms with Gasteiger partial charge >= 0.3 is 5.97 Å². The molecule has 8 heteroatoms. The van der Waals surface area contributed by atoms with Crippen molar-refractivity contribution in [2.24, 2.45) is 7.05 Å². The van der Waals surface area contributed by atoms with E-state index in [1.165, 1.54) is 4.68 Å². The molecule has 108 valence electrons. The maximum absolute atomic E-state index is 12.1. The van der Waals surface area contributed by atoms with Crippen LogP contribution in [0, 0.1) is 0 Å². The third kappa shape index (κ3) is 3.36. The van der Waals surface area contributed by atoms with Gasteiger partial charge in [-0.05, 0) is 28.8 Å². The second-order valence-corrected chi connectivity index (χ2v) is 7.20. The molecular weight excluding hydrogens is 336 g/mol. The maximum atomic E-state index is 12.1. The third-order valence-corrected chi connectivity index (χ3v) is 5.91. The minimum Gasteiger partial charge on any atom is -0.480 e. The number of hydrogen-bond acceptors (Lipinski definition) is 4. The zero-order valence-electron chi connectivity index (χ0n) is 11.1. The van der Waals surface area contributed by atoms with Gasteiger partial charge in [-0.15, -0.1) is 0 Å². The van der Waals surface area contributed by atoms with E-state index in [4.69, 9.17) is 5.11 Å². The summed E-state index contributed by atoms with van der Waals surface area (Å²) in [5.74, 6) is -1.64. The summed E-state index contributed by atoms with van der Waals surface area (Å²) >= 11 is 3.33. The normalized spacial score (nSPS) is 13.5. The van der Waals surface area contributed by atoms with Gasteiger partial charge in [-0.3, -0.25) is 9.48 Å². The Morgan fingerprint density at radius 2 is 2.05 bits per heavy atom. The van der Waals surface area contributed by atoms with Crippen LogP contribution in [0.3, 0.4) is 0 Å². The first-order chi connectivity index (χ1) is 8.74. The molecular formula is C11H17BrN2O4S. The average molecular weight is 353 g/mol. The largest absolute Gasteiger partial charge is 0.480 e. The Morgan fingerprint density at radius 1 is 1.47 bits per heavy atom. The number of carbonyl (C=O) groups is 1. The standard InChI is InChI=1S/C11H17BrN2O4S/c1-4-7-10(12)8(14(3)13-7)6-19(17,18)9(5-2)11(15)16/h9H,4-6H2,1-3H3,(H,15,16). The van der Waals surface area contributed by atoms with Crippen LogP contribution in [0.2, 0.25) is 0 Å². The fourth-order valence-corrected chi connectivity index (χ4v) is 4.52. The van der Waals surface area contributed by atoms with Gasteiger partial charge in [0.15, 0.2) is 15.1 Å². The van der Waals surface area contributed by atoms with Crippen molar-refractivity contribution in [2.75, 3.05) is 0 Å². The van der Waals surface area contributed by atoms with E-state index in [0.29, 0.717) is 16.6 Å². The van der Waals surface area contributed by atoms with Gasteiger partial charge in [0.25, 0.3) is 0 Å². The van der Waals surface area contributed by atoms with Gasteiger partial charge in [0.1, 0.15) is 0 Å². The number of carboxylic acid groups (broad SMARTS) is 1. The second-order valence-electron chi connectivity index (χ2n) is 4.23. The van der Waals surface area contributed by atoms with E-state index < -0.39 is 21.1 Å². The molecule has 1 atom stereocenters. The molecule has 1 rings (SSSR count). The Bertz CT molecular complexity index is 580. The van der Waals surface area contributed by atoms with Gasteiger partial charge in [-0.1, -0.05) is 13.8 Å². The highest BCUT2D eigenvalue weighted by atomic mass is 79.9. The Labute approximate surface area is 120 Å². The minimum atomic E-state index is -3.76. The highest BCUT2D eigenvalue weighted by Crippen LogP contribution is 2.25. The lowest BCUT2D eigenvalue weighted by Crippen LogP contribution is -2.31. The van der Waals surface area contributed by atoms with Crippen molar-refractivity contribution < 1.29 is 18.3 Å². The minimum absolute atomic E-state index is 0.0494. The van der Waals surface area contributed by atoms with Crippen LogP contribution in [0.1, 0.15) is 31.7 Å². The predicted molar refractivity (Wildman–Crippen MR) is 74.6 cm³/mol. The van der Waals surface area contributed by atoms with Gasteiger partial charge in [-0.2, -0.15) is 5.10 Å². The highest BCUT2D eigenvalue weighted by molar-refractivity contribution is 9.10. The molecule has 1 heterocycles. The third-order valence-electron chi connectivity index (χ3n) is 2.92. The SMILES string of the molecule is CCc1nn(C)c(CS(=O)(=O)C(CC)C(=O)O)c1Br. The number of aryl methyl sites for hydroxylation is 2. The molecule has 0 amide bonds. The second kappa shape index (κ2) is 6.04. The molecule has 0 saturated heterocycles. The van der Waals surface area contributed by atoms with Crippen molar-refractivity contribution >= 4 is 31.7 Å². The number of aromatic nitrogens is 2. The summed E-state index contributed by atoms with van der Waals surface area (Å²) < 4.78 is 26.4. The van der Waals surface area contributed by atoms with E-state index in [2.05, 4.69) is 21.0 Å². The first kappa shape index (κ1) is 16.2. The van der Waals surface area contributed by atoms with Crippen molar-refractivity contribution in [1.82, 2.24) is 9.78 Å². The summed E-state index contributed by atoms with van der Waals surface area (Å²) in [6.45, 7) is 3.46. The van der Waals surface area contributed by atoms with E-state index in [1.807, 2.05) is 6.92 Å². The first-order valence-electron chi connectivity index (χ1n) is 5.89. The number of carboxylic acids is 1. The van der Waals surface area contributed by atoms with E-state index >= 15 is 0 Å². The Hall–Kier alpha value is -0.890. The molecule has 0 saturated carbocycles. The summed E-state index contributed by atoms with van der Waals surface area (Å²) in [5, 5.41) is 11.8. The number of aliphatic carboxylic acids is 1. The van der Waals surface area contributed by atoms with Crippen LogP contribution in [-0.4, -0.2) is 34.5 Å². The Morgan fingerprint density at radius 3 is 2.42 bits per heavy atom. The number of rotatable bonds is 6. The van der Waals surface area contributed by atoms with Crippen LogP contribution in [0.15, 0.2) is 4.47 Å².